The summed E-state index contributed by atoms with van der Waals surface area (Å²) in [4.78, 5) is 0. The molecule has 2 heterocycles. The van der Waals surface area contributed by atoms with E-state index in [0.29, 0.717) is 24.8 Å². The van der Waals surface area contributed by atoms with Gasteiger partial charge in [0.2, 0.25) is 5.62 Å². The van der Waals surface area contributed by atoms with Crippen LogP contribution in [0.3, 0.4) is 0 Å². The minimum absolute atomic E-state index is 0.527. The Balaban J connectivity index is 2.16. The quantitative estimate of drug-likeness (QED) is 0.574. The zero-order valence-corrected chi connectivity index (χ0v) is 9.05. The standard InChI is InChI=1S/C8H12ClN5O/c1-15-5-4-13-6(10)2-3-7-11-12-8(9)14(7)13/h2-3,8H,4-5,10H2,1H3. The second kappa shape index (κ2) is 4.08. The molecular formula is C8H12ClN5O. The van der Waals surface area contributed by atoms with E-state index in [1.165, 1.54) is 0 Å². The van der Waals surface area contributed by atoms with Gasteiger partial charge in [-0.25, -0.2) is 5.01 Å². The van der Waals surface area contributed by atoms with Gasteiger partial charge in [-0.2, -0.15) is 0 Å². The number of allylic oxidation sites excluding steroid dienone is 2. The molecule has 2 N–H and O–H groups in total. The fourth-order valence-corrected chi connectivity index (χ4v) is 1.69. The first-order valence-electron chi connectivity index (χ1n) is 4.52. The van der Waals surface area contributed by atoms with Gasteiger partial charge in [0.05, 0.1) is 13.2 Å². The van der Waals surface area contributed by atoms with Crippen LogP contribution in [0.25, 0.3) is 0 Å². The zero-order chi connectivity index (χ0) is 10.8. The van der Waals surface area contributed by atoms with Crippen molar-refractivity contribution in [1.82, 2.24) is 10.0 Å². The highest BCUT2D eigenvalue weighted by Gasteiger charge is 2.32. The molecule has 0 bridgehead atoms. The summed E-state index contributed by atoms with van der Waals surface area (Å²) in [6.07, 6.45) is 3.56. The monoisotopic (exact) mass is 229 g/mol. The van der Waals surface area contributed by atoms with Crippen molar-refractivity contribution in [3.05, 3.63) is 23.8 Å². The Hall–Kier alpha value is -1.27. The highest BCUT2D eigenvalue weighted by molar-refractivity contribution is 6.20. The summed E-state index contributed by atoms with van der Waals surface area (Å²) in [5.41, 5.74) is 5.31. The molecule has 6 nitrogen and oxygen atoms in total. The molecule has 1 atom stereocenters. The highest BCUT2D eigenvalue weighted by atomic mass is 35.5. The van der Waals surface area contributed by atoms with Crippen molar-refractivity contribution in [3.63, 3.8) is 0 Å². The summed E-state index contributed by atoms with van der Waals surface area (Å²) in [5.74, 6) is 1.30. The second-order valence-electron chi connectivity index (χ2n) is 3.10. The van der Waals surface area contributed by atoms with E-state index in [1.54, 1.807) is 29.3 Å². The minimum atomic E-state index is -0.527. The predicted molar refractivity (Wildman–Crippen MR) is 55.3 cm³/mol. The van der Waals surface area contributed by atoms with E-state index < -0.39 is 5.62 Å². The van der Waals surface area contributed by atoms with Gasteiger partial charge in [0.25, 0.3) is 0 Å². The van der Waals surface area contributed by atoms with Crippen LogP contribution in [0.15, 0.2) is 34.0 Å². The van der Waals surface area contributed by atoms with Crippen molar-refractivity contribution in [2.45, 2.75) is 5.62 Å². The van der Waals surface area contributed by atoms with Crippen molar-refractivity contribution in [3.8, 4) is 0 Å². The molecule has 0 aromatic carbocycles. The molecule has 0 radical (unpaired) electrons. The molecule has 0 spiro atoms. The fraction of sp³-hybridized carbons (Fsp3) is 0.500. The topological polar surface area (TPSA) is 66.5 Å². The summed E-state index contributed by atoms with van der Waals surface area (Å²) >= 11 is 5.98. The number of azo groups is 1. The Morgan fingerprint density at radius 2 is 2.40 bits per heavy atom. The van der Waals surface area contributed by atoms with Crippen molar-refractivity contribution < 1.29 is 4.74 Å². The van der Waals surface area contributed by atoms with Gasteiger partial charge in [0.1, 0.15) is 5.82 Å². The van der Waals surface area contributed by atoms with Crippen LogP contribution in [0.1, 0.15) is 0 Å². The molecule has 0 aliphatic carbocycles. The molecule has 7 heteroatoms. The average molecular weight is 230 g/mol. The lowest BCUT2D eigenvalue weighted by molar-refractivity contribution is 0.0173. The largest absolute Gasteiger partial charge is 0.384 e. The molecule has 0 saturated heterocycles. The lowest BCUT2D eigenvalue weighted by atomic mass is 10.4. The maximum absolute atomic E-state index is 5.98. The fourth-order valence-electron chi connectivity index (χ4n) is 1.44. The SMILES string of the molecule is COCCN1C(N)=CC=C2N=NC(Cl)N21. The third-order valence-electron chi connectivity index (χ3n) is 2.16. The Kier molecular flexibility index (Phi) is 2.79. The van der Waals surface area contributed by atoms with E-state index in [-0.39, 0.29) is 0 Å². The van der Waals surface area contributed by atoms with Crippen molar-refractivity contribution in [2.24, 2.45) is 16.0 Å². The predicted octanol–water partition coefficient (Wildman–Crippen LogP) is 0.795. The van der Waals surface area contributed by atoms with Gasteiger partial charge in [-0.3, -0.25) is 5.01 Å². The van der Waals surface area contributed by atoms with Crippen LogP contribution in [0.2, 0.25) is 0 Å². The van der Waals surface area contributed by atoms with E-state index in [0.717, 1.165) is 0 Å². The molecule has 0 saturated carbocycles. The number of methoxy groups -OCH3 is 1. The van der Waals surface area contributed by atoms with Gasteiger partial charge in [0, 0.05) is 7.11 Å². The number of halogens is 1. The van der Waals surface area contributed by atoms with Crippen molar-refractivity contribution in [2.75, 3.05) is 20.3 Å². The van der Waals surface area contributed by atoms with Gasteiger partial charge in [0.15, 0.2) is 5.82 Å². The third-order valence-corrected chi connectivity index (χ3v) is 2.43. The number of nitrogens with zero attached hydrogens (tertiary/aromatic N) is 4. The zero-order valence-electron chi connectivity index (χ0n) is 8.30. The van der Waals surface area contributed by atoms with Gasteiger partial charge in [-0.05, 0) is 12.2 Å². The molecule has 0 amide bonds. The second-order valence-corrected chi connectivity index (χ2v) is 3.49. The summed E-state index contributed by atoms with van der Waals surface area (Å²) in [6, 6.07) is 0. The summed E-state index contributed by atoms with van der Waals surface area (Å²) < 4.78 is 5.00. The van der Waals surface area contributed by atoms with E-state index in [4.69, 9.17) is 22.1 Å². The molecule has 2 aliphatic heterocycles. The number of hydrazine groups is 1. The van der Waals surface area contributed by atoms with Crippen LogP contribution in [0.4, 0.5) is 0 Å². The molecule has 2 aliphatic rings. The van der Waals surface area contributed by atoms with Gasteiger partial charge in [-0.1, -0.05) is 11.6 Å². The van der Waals surface area contributed by atoms with Crippen LogP contribution in [-0.2, 0) is 4.74 Å². The van der Waals surface area contributed by atoms with Crippen LogP contribution >= 0.6 is 11.6 Å². The highest BCUT2D eigenvalue weighted by Crippen LogP contribution is 2.29. The van der Waals surface area contributed by atoms with Crippen molar-refractivity contribution >= 4 is 11.6 Å². The first-order valence-corrected chi connectivity index (χ1v) is 4.95. The molecule has 15 heavy (non-hydrogen) atoms. The molecule has 2 rings (SSSR count). The van der Waals surface area contributed by atoms with Crippen LogP contribution in [0, 0.1) is 0 Å². The maximum Gasteiger partial charge on any atom is 0.236 e. The van der Waals surface area contributed by atoms with E-state index in [2.05, 4.69) is 10.2 Å². The van der Waals surface area contributed by atoms with E-state index in [1.807, 2.05) is 0 Å². The van der Waals surface area contributed by atoms with Gasteiger partial charge >= 0.3 is 0 Å². The number of ether oxygens (including phenoxy) is 1. The normalized spacial score (nSPS) is 24.0. The third kappa shape index (κ3) is 1.78. The summed E-state index contributed by atoms with van der Waals surface area (Å²) in [5, 5.41) is 11.3. The average Bonchev–Trinajstić information content (AvgIpc) is 2.60. The maximum atomic E-state index is 5.98. The van der Waals surface area contributed by atoms with Crippen molar-refractivity contribution in [1.29, 1.82) is 0 Å². The smallest absolute Gasteiger partial charge is 0.236 e. The lowest BCUT2D eigenvalue weighted by Gasteiger charge is -2.37. The Morgan fingerprint density at radius 3 is 3.13 bits per heavy atom. The Morgan fingerprint density at radius 1 is 1.60 bits per heavy atom. The van der Waals surface area contributed by atoms with E-state index in [9.17, 15) is 0 Å². The van der Waals surface area contributed by atoms with E-state index >= 15 is 0 Å². The molecular weight excluding hydrogens is 218 g/mol. The van der Waals surface area contributed by atoms with Crippen LogP contribution < -0.4 is 5.73 Å². The lowest BCUT2D eigenvalue weighted by Crippen LogP contribution is -2.47. The molecule has 1 unspecified atom stereocenters. The number of fused-ring (bicyclic) bond motifs is 1. The van der Waals surface area contributed by atoms with Gasteiger partial charge < -0.3 is 10.5 Å². The first-order chi connectivity index (χ1) is 7.24. The molecule has 82 valence electrons. The molecule has 0 fully saturated rings. The van der Waals surface area contributed by atoms with Gasteiger partial charge in [-0.15, -0.1) is 10.2 Å². The Bertz CT molecular complexity index is 340. The summed E-state index contributed by atoms with van der Waals surface area (Å²) in [7, 11) is 1.64. The molecule has 0 aromatic rings. The summed E-state index contributed by atoms with van der Waals surface area (Å²) in [6.45, 7) is 1.17. The van der Waals surface area contributed by atoms with Crippen LogP contribution in [0.5, 0.6) is 0 Å². The number of rotatable bonds is 3. The number of nitrogens with two attached hydrogens (primary N) is 1. The van der Waals surface area contributed by atoms with Crippen LogP contribution in [-0.4, -0.2) is 35.9 Å². The number of alkyl halides is 1. The molecule has 0 aromatic heterocycles. The Labute approximate surface area is 92.6 Å². The number of hydrogen-bond donors (Lipinski definition) is 1. The number of hydrogen-bond acceptors (Lipinski definition) is 6. The minimum Gasteiger partial charge on any atom is -0.384 e. The first kappa shape index (κ1) is 10.3.